The van der Waals surface area contributed by atoms with E-state index in [2.05, 4.69) is 40.2 Å². The average molecular weight is 432 g/mol. The molecule has 5 rings (SSSR count). The summed E-state index contributed by atoms with van der Waals surface area (Å²) in [5.41, 5.74) is 1.65. The molecule has 1 saturated heterocycles. The maximum Gasteiger partial charge on any atom is 0.241 e. The van der Waals surface area contributed by atoms with Crippen molar-refractivity contribution in [1.29, 1.82) is 0 Å². The van der Waals surface area contributed by atoms with Crippen molar-refractivity contribution in [2.45, 2.75) is 18.3 Å². The highest BCUT2D eigenvalue weighted by Crippen LogP contribution is 2.72. The highest BCUT2D eigenvalue weighted by Gasteiger charge is 2.77. The Balaban J connectivity index is 1.64. The number of carbonyl (C=O) groups excluding carboxylic acids is 2. The molecule has 1 atom stereocenters. The van der Waals surface area contributed by atoms with Crippen molar-refractivity contribution in [3.05, 3.63) is 101 Å². The molecular formula is C24H18BrNO2. The summed E-state index contributed by atoms with van der Waals surface area (Å²) in [6.45, 7) is 0. The van der Waals surface area contributed by atoms with Crippen LogP contribution in [0.25, 0.3) is 0 Å². The maximum atomic E-state index is 13.7. The molecule has 1 spiro atoms. The summed E-state index contributed by atoms with van der Waals surface area (Å²) in [4.78, 5) is 28.0. The second kappa shape index (κ2) is 6.14. The fourth-order valence-corrected chi connectivity index (χ4v) is 5.25. The third-order valence-electron chi connectivity index (χ3n) is 6.17. The van der Waals surface area contributed by atoms with Crippen LogP contribution in [0.15, 0.2) is 89.4 Å². The third kappa shape index (κ3) is 2.27. The molecule has 1 saturated carbocycles. The summed E-state index contributed by atoms with van der Waals surface area (Å²) >= 11 is 3.44. The van der Waals surface area contributed by atoms with Crippen molar-refractivity contribution < 1.29 is 9.59 Å². The van der Waals surface area contributed by atoms with Crippen molar-refractivity contribution in [2.75, 3.05) is 4.90 Å². The number of benzene rings is 3. The summed E-state index contributed by atoms with van der Waals surface area (Å²) in [7, 11) is 0. The average Bonchev–Trinajstić information content (AvgIpc) is 3.33. The predicted molar refractivity (Wildman–Crippen MR) is 112 cm³/mol. The van der Waals surface area contributed by atoms with Gasteiger partial charge in [-0.1, -0.05) is 82.7 Å². The lowest BCUT2D eigenvalue weighted by molar-refractivity contribution is -0.123. The molecule has 2 amide bonds. The lowest BCUT2D eigenvalue weighted by Crippen LogP contribution is -2.33. The Morgan fingerprint density at radius 2 is 1.39 bits per heavy atom. The van der Waals surface area contributed by atoms with Crippen molar-refractivity contribution in [3.8, 4) is 0 Å². The fraction of sp³-hybridized carbons (Fsp3) is 0.167. The van der Waals surface area contributed by atoms with Crippen LogP contribution in [0.1, 0.15) is 24.0 Å². The highest BCUT2D eigenvalue weighted by molar-refractivity contribution is 9.10. The van der Waals surface area contributed by atoms with E-state index in [9.17, 15) is 9.59 Å². The van der Waals surface area contributed by atoms with Gasteiger partial charge in [0.15, 0.2) is 0 Å². The van der Waals surface area contributed by atoms with E-state index >= 15 is 0 Å². The Morgan fingerprint density at radius 1 is 0.786 bits per heavy atom. The molecule has 0 aromatic heterocycles. The van der Waals surface area contributed by atoms with Gasteiger partial charge < -0.3 is 0 Å². The smallest absolute Gasteiger partial charge is 0.241 e. The van der Waals surface area contributed by atoms with Gasteiger partial charge in [-0.15, -0.1) is 0 Å². The SMILES string of the molecule is O=C1C[C@@]2(CC2(c2ccccc2)c2ccccc2)C(=O)N1c1cccc(Br)c1. The zero-order chi connectivity index (χ0) is 19.4. The monoisotopic (exact) mass is 431 g/mol. The Morgan fingerprint density at radius 3 is 1.96 bits per heavy atom. The van der Waals surface area contributed by atoms with E-state index in [4.69, 9.17) is 0 Å². The van der Waals surface area contributed by atoms with Gasteiger partial charge >= 0.3 is 0 Å². The van der Waals surface area contributed by atoms with Gasteiger partial charge in [0.1, 0.15) is 0 Å². The molecule has 1 heterocycles. The molecule has 1 aliphatic carbocycles. The minimum absolute atomic E-state index is 0.0942. The molecule has 0 bridgehead atoms. The third-order valence-corrected chi connectivity index (χ3v) is 6.67. The van der Waals surface area contributed by atoms with Crippen molar-refractivity contribution in [1.82, 2.24) is 0 Å². The number of hydrogen-bond acceptors (Lipinski definition) is 2. The molecule has 0 unspecified atom stereocenters. The molecule has 2 fully saturated rings. The van der Waals surface area contributed by atoms with Crippen LogP contribution in [-0.4, -0.2) is 11.8 Å². The van der Waals surface area contributed by atoms with Crippen LogP contribution >= 0.6 is 15.9 Å². The predicted octanol–water partition coefficient (Wildman–Crippen LogP) is 5.09. The topological polar surface area (TPSA) is 37.4 Å². The largest absolute Gasteiger partial charge is 0.274 e. The lowest BCUT2D eigenvalue weighted by Gasteiger charge is -2.23. The normalized spacial score (nSPS) is 22.7. The lowest BCUT2D eigenvalue weighted by atomic mass is 9.79. The molecule has 4 heteroatoms. The van der Waals surface area contributed by atoms with Gasteiger partial charge in [0.05, 0.1) is 11.1 Å². The van der Waals surface area contributed by atoms with E-state index in [0.717, 1.165) is 15.6 Å². The first-order valence-electron chi connectivity index (χ1n) is 9.32. The minimum atomic E-state index is -0.713. The van der Waals surface area contributed by atoms with Crippen molar-refractivity contribution >= 4 is 33.4 Å². The Hall–Kier alpha value is -2.72. The maximum absolute atomic E-state index is 13.7. The summed E-state index contributed by atoms with van der Waals surface area (Å²) in [6, 6.07) is 27.6. The molecule has 28 heavy (non-hydrogen) atoms. The second-order valence-electron chi connectivity index (χ2n) is 7.59. The Bertz CT molecular complexity index is 1040. The van der Waals surface area contributed by atoms with E-state index in [1.165, 1.54) is 4.90 Å². The molecule has 3 aromatic carbocycles. The number of anilines is 1. The summed E-state index contributed by atoms with van der Waals surface area (Å²) in [5, 5.41) is 0. The Labute approximate surface area is 172 Å². The number of imide groups is 1. The van der Waals surface area contributed by atoms with Crippen LogP contribution in [0.2, 0.25) is 0 Å². The zero-order valence-corrected chi connectivity index (χ0v) is 16.7. The standard InChI is InChI=1S/C24H18BrNO2/c25-19-12-7-13-20(14-19)26-21(27)15-23(22(26)28)16-24(23,17-8-3-1-4-9-17)18-10-5-2-6-11-18/h1-14H,15-16H2/t23-/m1/s1. The van der Waals surface area contributed by atoms with E-state index in [-0.39, 0.29) is 18.2 Å². The van der Waals surface area contributed by atoms with Crippen LogP contribution in [0.5, 0.6) is 0 Å². The molecule has 0 N–H and O–H groups in total. The van der Waals surface area contributed by atoms with Crippen LogP contribution in [0.4, 0.5) is 5.69 Å². The number of amides is 2. The van der Waals surface area contributed by atoms with Gasteiger partial charge in [-0.05, 0) is 35.7 Å². The molecule has 2 aliphatic rings. The number of carbonyl (C=O) groups is 2. The van der Waals surface area contributed by atoms with Crippen molar-refractivity contribution in [3.63, 3.8) is 0 Å². The first-order chi connectivity index (χ1) is 13.6. The number of nitrogens with zero attached hydrogens (tertiary/aromatic N) is 1. The van der Waals surface area contributed by atoms with Gasteiger partial charge in [0.2, 0.25) is 11.8 Å². The van der Waals surface area contributed by atoms with Gasteiger partial charge in [0, 0.05) is 16.3 Å². The quantitative estimate of drug-likeness (QED) is 0.541. The molecule has 3 aromatic rings. The van der Waals surface area contributed by atoms with E-state index in [0.29, 0.717) is 12.1 Å². The van der Waals surface area contributed by atoms with Crippen molar-refractivity contribution in [2.24, 2.45) is 5.41 Å². The fourth-order valence-electron chi connectivity index (χ4n) is 4.87. The van der Waals surface area contributed by atoms with Gasteiger partial charge in [-0.3, -0.25) is 9.59 Å². The van der Waals surface area contributed by atoms with Gasteiger partial charge in [0.25, 0.3) is 0 Å². The molecule has 138 valence electrons. The number of halogens is 1. The van der Waals surface area contributed by atoms with E-state index in [1.807, 2.05) is 60.7 Å². The van der Waals surface area contributed by atoms with Gasteiger partial charge in [-0.25, -0.2) is 4.90 Å². The second-order valence-corrected chi connectivity index (χ2v) is 8.50. The van der Waals surface area contributed by atoms with Crippen LogP contribution < -0.4 is 4.90 Å². The number of rotatable bonds is 3. The molecule has 1 aliphatic heterocycles. The highest BCUT2D eigenvalue weighted by atomic mass is 79.9. The summed E-state index contributed by atoms with van der Waals surface area (Å²) < 4.78 is 0.847. The molecule has 3 nitrogen and oxygen atoms in total. The van der Waals surface area contributed by atoms with E-state index in [1.54, 1.807) is 0 Å². The zero-order valence-electron chi connectivity index (χ0n) is 15.1. The molecular weight excluding hydrogens is 414 g/mol. The van der Waals surface area contributed by atoms with Crippen LogP contribution in [0.3, 0.4) is 0 Å². The first kappa shape index (κ1) is 17.4. The summed E-state index contributed by atoms with van der Waals surface area (Å²) in [6.07, 6.45) is 0.894. The van der Waals surface area contributed by atoms with E-state index < -0.39 is 10.8 Å². The Kier molecular flexibility index (Phi) is 3.81. The van der Waals surface area contributed by atoms with Gasteiger partial charge in [-0.2, -0.15) is 0 Å². The summed E-state index contributed by atoms with van der Waals surface area (Å²) in [5.74, 6) is -0.222. The van der Waals surface area contributed by atoms with Crippen LogP contribution in [0, 0.1) is 5.41 Å². The number of hydrogen-bond donors (Lipinski definition) is 0. The van der Waals surface area contributed by atoms with Crippen LogP contribution in [-0.2, 0) is 15.0 Å². The molecule has 0 radical (unpaired) electrons. The minimum Gasteiger partial charge on any atom is -0.274 e. The first-order valence-corrected chi connectivity index (χ1v) is 10.1.